The van der Waals surface area contributed by atoms with Gasteiger partial charge in [-0.1, -0.05) is 97.1 Å². The third-order valence-corrected chi connectivity index (χ3v) is 4.98. The van der Waals surface area contributed by atoms with Crippen molar-refractivity contribution >= 4 is 17.8 Å². The Morgan fingerprint density at radius 1 is 0.462 bits per heavy atom. The van der Waals surface area contributed by atoms with Gasteiger partial charge in [0.2, 0.25) is 0 Å². The summed E-state index contributed by atoms with van der Waals surface area (Å²) in [7, 11) is 0. The van der Waals surface area contributed by atoms with Crippen molar-refractivity contribution in [3.05, 3.63) is 103 Å². The first-order chi connectivity index (χ1) is 12.9. The minimum Gasteiger partial charge on any atom is -0.551 e. The Morgan fingerprint density at radius 2 is 1.00 bits per heavy atom. The fraction of sp³-hybridized carbons (Fsp3) is 0. The second-order valence-electron chi connectivity index (χ2n) is 6.54. The summed E-state index contributed by atoms with van der Waals surface area (Å²) in [5.41, 5.74) is 7.18. The van der Waals surface area contributed by atoms with Gasteiger partial charge in [0.1, 0.15) is 5.75 Å². The molecule has 1 heterocycles. The van der Waals surface area contributed by atoms with Crippen molar-refractivity contribution in [3.8, 4) is 28.0 Å². The highest BCUT2D eigenvalue weighted by Crippen LogP contribution is 2.38. The molecule has 26 heavy (non-hydrogen) atoms. The quantitative estimate of drug-likeness (QED) is 0.466. The van der Waals surface area contributed by atoms with E-state index in [1.807, 2.05) is 12.1 Å². The highest BCUT2D eigenvalue weighted by Gasteiger charge is 2.30. The maximum Gasteiger partial charge on any atom is 0.427 e. The van der Waals surface area contributed by atoms with Gasteiger partial charge in [0.25, 0.3) is 0 Å². The molecule has 0 atom stereocenters. The molecular formula is C24H17BO. The molecule has 2 heteroatoms. The molecule has 1 aliphatic rings. The SMILES string of the molecule is c1ccc(B2Oc3ccccc3-c3ccccc3-c3ccccc32)cc1. The zero-order valence-corrected chi connectivity index (χ0v) is 14.3. The van der Waals surface area contributed by atoms with Gasteiger partial charge in [-0.05, 0) is 33.7 Å². The van der Waals surface area contributed by atoms with Crippen LogP contribution in [0.5, 0.6) is 5.75 Å². The van der Waals surface area contributed by atoms with Gasteiger partial charge >= 0.3 is 6.92 Å². The Balaban J connectivity index is 1.85. The number of benzene rings is 4. The van der Waals surface area contributed by atoms with E-state index >= 15 is 0 Å². The molecule has 0 spiro atoms. The Morgan fingerprint density at radius 3 is 1.77 bits per heavy atom. The van der Waals surface area contributed by atoms with Crippen LogP contribution in [0.25, 0.3) is 22.3 Å². The highest BCUT2D eigenvalue weighted by molar-refractivity contribution is 6.81. The first-order valence-electron chi connectivity index (χ1n) is 8.91. The van der Waals surface area contributed by atoms with E-state index in [-0.39, 0.29) is 6.92 Å². The van der Waals surface area contributed by atoms with E-state index in [0.717, 1.165) is 16.8 Å². The van der Waals surface area contributed by atoms with Crippen LogP contribution in [0.1, 0.15) is 0 Å². The Labute approximate surface area is 154 Å². The predicted molar refractivity (Wildman–Crippen MR) is 109 cm³/mol. The van der Waals surface area contributed by atoms with Crippen LogP contribution in [0.2, 0.25) is 0 Å². The standard InChI is InChI=1S/C24H17BO/c1-2-10-18(11-3-1)25-23-16-8-6-14-21(23)19-12-4-5-13-20(19)22-15-7-9-17-24(22)26-25/h1-17H. The van der Waals surface area contributed by atoms with Crippen LogP contribution in [0, 0.1) is 0 Å². The lowest BCUT2D eigenvalue weighted by Crippen LogP contribution is -2.48. The molecule has 0 aliphatic carbocycles. The first-order valence-corrected chi connectivity index (χ1v) is 8.91. The Kier molecular flexibility index (Phi) is 3.60. The zero-order chi connectivity index (χ0) is 17.3. The maximum absolute atomic E-state index is 6.61. The van der Waals surface area contributed by atoms with Crippen LogP contribution in [0.3, 0.4) is 0 Å². The second kappa shape index (κ2) is 6.23. The van der Waals surface area contributed by atoms with Crippen LogP contribution in [-0.4, -0.2) is 6.92 Å². The van der Waals surface area contributed by atoms with Gasteiger partial charge in [0.05, 0.1) is 0 Å². The van der Waals surface area contributed by atoms with Crippen molar-refractivity contribution in [1.82, 2.24) is 0 Å². The predicted octanol–water partition coefficient (Wildman–Crippen LogP) is 4.52. The van der Waals surface area contributed by atoms with E-state index in [4.69, 9.17) is 4.65 Å². The van der Waals surface area contributed by atoms with Gasteiger partial charge in [-0.3, -0.25) is 0 Å². The fourth-order valence-electron chi connectivity index (χ4n) is 3.78. The third-order valence-electron chi connectivity index (χ3n) is 4.98. The van der Waals surface area contributed by atoms with Crippen LogP contribution in [0.15, 0.2) is 103 Å². The fourth-order valence-corrected chi connectivity index (χ4v) is 3.78. The van der Waals surface area contributed by atoms with Gasteiger partial charge in [-0.25, -0.2) is 0 Å². The molecule has 4 aromatic carbocycles. The molecule has 0 saturated carbocycles. The molecule has 0 aromatic heterocycles. The van der Waals surface area contributed by atoms with Gasteiger partial charge in [0, 0.05) is 5.56 Å². The lowest BCUT2D eigenvalue weighted by molar-refractivity contribution is 0.593. The summed E-state index contributed by atoms with van der Waals surface area (Å²) in [6.07, 6.45) is 0. The summed E-state index contributed by atoms with van der Waals surface area (Å²) in [5.74, 6) is 0.920. The van der Waals surface area contributed by atoms with Gasteiger partial charge in [-0.2, -0.15) is 0 Å². The summed E-state index contributed by atoms with van der Waals surface area (Å²) in [6.45, 7) is -0.137. The van der Waals surface area contributed by atoms with Gasteiger partial charge in [-0.15, -0.1) is 0 Å². The van der Waals surface area contributed by atoms with Crippen molar-refractivity contribution in [2.24, 2.45) is 0 Å². The molecule has 0 unspecified atom stereocenters. The molecule has 4 aromatic rings. The number of hydrogen-bond acceptors (Lipinski definition) is 1. The monoisotopic (exact) mass is 332 g/mol. The molecule has 0 fully saturated rings. The summed E-state index contributed by atoms with van der Waals surface area (Å²) < 4.78 is 6.61. The van der Waals surface area contributed by atoms with Crippen LogP contribution in [0.4, 0.5) is 0 Å². The van der Waals surface area contributed by atoms with Crippen LogP contribution in [-0.2, 0) is 0 Å². The highest BCUT2D eigenvalue weighted by atomic mass is 16.4. The summed E-state index contributed by atoms with van der Waals surface area (Å²) >= 11 is 0. The molecule has 1 nitrogen and oxygen atoms in total. The summed E-state index contributed by atoms with van der Waals surface area (Å²) in [4.78, 5) is 0. The van der Waals surface area contributed by atoms with E-state index in [9.17, 15) is 0 Å². The van der Waals surface area contributed by atoms with Crippen molar-refractivity contribution in [1.29, 1.82) is 0 Å². The van der Waals surface area contributed by atoms with Crippen molar-refractivity contribution in [2.75, 3.05) is 0 Å². The van der Waals surface area contributed by atoms with E-state index in [2.05, 4.69) is 91.0 Å². The lowest BCUT2D eigenvalue weighted by Gasteiger charge is -2.25. The van der Waals surface area contributed by atoms with Crippen molar-refractivity contribution in [2.45, 2.75) is 0 Å². The van der Waals surface area contributed by atoms with Gasteiger partial charge < -0.3 is 4.65 Å². The summed E-state index contributed by atoms with van der Waals surface area (Å²) in [5, 5.41) is 0. The second-order valence-corrected chi connectivity index (χ2v) is 6.54. The van der Waals surface area contributed by atoms with Gasteiger partial charge in [0.15, 0.2) is 0 Å². The number of rotatable bonds is 1. The minimum atomic E-state index is -0.137. The lowest BCUT2D eigenvalue weighted by atomic mass is 9.53. The molecule has 122 valence electrons. The molecule has 1 aliphatic heterocycles. The minimum absolute atomic E-state index is 0.137. The molecule has 0 N–H and O–H groups in total. The summed E-state index contributed by atoms with van der Waals surface area (Å²) in [6, 6.07) is 35.9. The molecule has 0 bridgehead atoms. The first kappa shape index (κ1) is 15.0. The topological polar surface area (TPSA) is 9.23 Å². The molecule has 5 rings (SSSR count). The Bertz CT molecular complexity index is 1070. The van der Waals surface area contributed by atoms with E-state index in [1.165, 1.54) is 22.2 Å². The van der Waals surface area contributed by atoms with E-state index in [1.54, 1.807) is 0 Å². The average molecular weight is 332 g/mol. The zero-order valence-electron chi connectivity index (χ0n) is 14.3. The molecule has 0 radical (unpaired) electrons. The van der Waals surface area contributed by atoms with Crippen LogP contribution < -0.4 is 15.6 Å². The Hall–Kier alpha value is -3.26. The van der Waals surface area contributed by atoms with Crippen molar-refractivity contribution in [3.63, 3.8) is 0 Å². The molecular weight excluding hydrogens is 315 g/mol. The average Bonchev–Trinajstić information content (AvgIpc) is 2.72. The largest absolute Gasteiger partial charge is 0.551 e. The number of hydrogen-bond donors (Lipinski definition) is 0. The van der Waals surface area contributed by atoms with Crippen molar-refractivity contribution < 1.29 is 4.65 Å². The smallest absolute Gasteiger partial charge is 0.427 e. The number of para-hydroxylation sites is 1. The number of fused-ring (bicyclic) bond motifs is 5. The molecule has 0 saturated heterocycles. The molecule has 0 amide bonds. The van der Waals surface area contributed by atoms with E-state index < -0.39 is 0 Å². The van der Waals surface area contributed by atoms with Crippen LogP contribution >= 0.6 is 0 Å². The maximum atomic E-state index is 6.61. The normalized spacial score (nSPS) is 12.1. The van der Waals surface area contributed by atoms with E-state index in [0.29, 0.717) is 0 Å². The third kappa shape index (κ3) is 2.43.